The molecule has 1 aromatic rings. The first-order valence-corrected chi connectivity index (χ1v) is 5.13. The molecule has 1 unspecified atom stereocenters. The Morgan fingerprint density at radius 3 is 2.44 bits per heavy atom. The fourth-order valence-electron chi connectivity index (χ4n) is 1.33. The average molecular weight is 223 g/mol. The standard InChI is InChI=1S/C12H14FNO2/c1-2-10(11(15)8-13)14-12(16)9-6-4-3-5-7-9/h3-7,10H,2,8H2,1H3,(H,14,16). The maximum absolute atomic E-state index is 12.2. The minimum atomic E-state index is -1.05. The fourth-order valence-corrected chi connectivity index (χ4v) is 1.33. The zero-order chi connectivity index (χ0) is 12.0. The van der Waals surface area contributed by atoms with Gasteiger partial charge in [0.15, 0.2) is 5.78 Å². The van der Waals surface area contributed by atoms with Crippen LogP contribution in [-0.4, -0.2) is 24.4 Å². The van der Waals surface area contributed by atoms with Gasteiger partial charge in [-0.2, -0.15) is 0 Å². The van der Waals surface area contributed by atoms with E-state index in [1.165, 1.54) is 0 Å². The molecule has 1 aromatic carbocycles. The van der Waals surface area contributed by atoms with Gasteiger partial charge in [-0.05, 0) is 18.6 Å². The molecule has 0 fully saturated rings. The van der Waals surface area contributed by atoms with E-state index in [1.807, 2.05) is 0 Å². The molecular weight excluding hydrogens is 209 g/mol. The Bertz CT molecular complexity index is 365. The van der Waals surface area contributed by atoms with Crippen LogP contribution < -0.4 is 5.32 Å². The summed E-state index contributed by atoms with van der Waals surface area (Å²) in [7, 11) is 0. The van der Waals surface area contributed by atoms with Crippen molar-refractivity contribution in [3.8, 4) is 0 Å². The molecule has 0 radical (unpaired) electrons. The Kier molecular flexibility index (Phi) is 4.64. The highest BCUT2D eigenvalue weighted by molar-refractivity contribution is 5.98. The summed E-state index contributed by atoms with van der Waals surface area (Å²) in [5.41, 5.74) is 0.465. The van der Waals surface area contributed by atoms with E-state index in [0.717, 1.165) is 0 Å². The fraction of sp³-hybridized carbons (Fsp3) is 0.333. The summed E-state index contributed by atoms with van der Waals surface area (Å²) in [5.74, 6) is -0.943. The molecule has 0 spiro atoms. The van der Waals surface area contributed by atoms with Crippen molar-refractivity contribution in [2.45, 2.75) is 19.4 Å². The van der Waals surface area contributed by atoms with E-state index in [2.05, 4.69) is 5.32 Å². The van der Waals surface area contributed by atoms with Crippen molar-refractivity contribution in [1.82, 2.24) is 5.32 Å². The summed E-state index contributed by atoms with van der Waals surface area (Å²) in [5, 5.41) is 2.51. The molecule has 1 rings (SSSR count). The van der Waals surface area contributed by atoms with Gasteiger partial charge in [0.25, 0.3) is 5.91 Å². The summed E-state index contributed by atoms with van der Waals surface area (Å²) >= 11 is 0. The van der Waals surface area contributed by atoms with Crippen LogP contribution in [0.15, 0.2) is 30.3 Å². The van der Waals surface area contributed by atoms with Gasteiger partial charge >= 0.3 is 0 Å². The second-order valence-corrected chi connectivity index (χ2v) is 3.40. The van der Waals surface area contributed by atoms with E-state index < -0.39 is 18.5 Å². The zero-order valence-electron chi connectivity index (χ0n) is 9.07. The molecule has 4 heteroatoms. The van der Waals surface area contributed by atoms with Gasteiger partial charge < -0.3 is 5.32 Å². The van der Waals surface area contributed by atoms with Gasteiger partial charge in [0.1, 0.15) is 6.67 Å². The molecule has 16 heavy (non-hydrogen) atoms. The van der Waals surface area contributed by atoms with Crippen molar-refractivity contribution in [3.05, 3.63) is 35.9 Å². The lowest BCUT2D eigenvalue weighted by molar-refractivity contribution is -0.121. The highest BCUT2D eigenvalue weighted by Gasteiger charge is 2.18. The van der Waals surface area contributed by atoms with Gasteiger partial charge in [0, 0.05) is 5.56 Å². The van der Waals surface area contributed by atoms with E-state index in [-0.39, 0.29) is 5.91 Å². The molecule has 0 aliphatic heterocycles. The maximum atomic E-state index is 12.2. The monoisotopic (exact) mass is 223 g/mol. The summed E-state index contributed by atoms with van der Waals surface area (Å²) in [6.07, 6.45) is 0.390. The lowest BCUT2D eigenvalue weighted by Crippen LogP contribution is -2.41. The molecule has 0 saturated carbocycles. The number of benzene rings is 1. The molecule has 0 aliphatic carbocycles. The number of Topliss-reactive ketones (excluding diaryl/α,β-unsaturated/α-hetero) is 1. The van der Waals surface area contributed by atoms with Crippen LogP contribution in [0.25, 0.3) is 0 Å². The third-order valence-electron chi connectivity index (χ3n) is 2.27. The van der Waals surface area contributed by atoms with Crippen LogP contribution in [0.5, 0.6) is 0 Å². The topological polar surface area (TPSA) is 46.2 Å². The lowest BCUT2D eigenvalue weighted by atomic mass is 10.1. The number of alkyl halides is 1. The van der Waals surface area contributed by atoms with Gasteiger partial charge in [0.2, 0.25) is 0 Å². The van der Waals surface area contributed by atoms with Crippen LogP contribution in [0.2, 0.25) is 0 Å². The van der Waals surface area contributed by atoms with Crippen molar-refractivity contribution in [3.63, 3.8) is 0 Å². The molecule has 0 heterocycles. The summed E-state index contributed by atoms with van der Waals surface area (Å²) in [6.45, 7) is 0.678. The number of rotatable bonds is 5. The number of ketones is 1. The second-order valence-electron chi connectivity index (χ2n) is 3.40. The van der Waals surface area contributed by atoms with Gasteiger partial charge in [-0.3, -0.25) is 9.59 Å². The Labute approximate surface area is 93.7 Å². The normalized spacial score (nSPS) is 11.9. The van der Waals surface area contributed by atoms with Crippen LogP contribution in [0.4, 0.5) is 4.39 Å². The number of hydrogen-bond donors (Lipinski definition) is 1. The first kappa shape index (κ1) is 12.4. The van der Waals surface area contributed by atoms with E-state index >= 15 is 0 Å². The third-order valence-corrected chi connectivity index (χ3v) is 2.27. The highest BCUT2D eigenvalue weighted by atomic mass is 19.1. The number of amides is 1. The van der Waals surface area contributed by atoms with E-state index in [1.54, 1.807) is 37.3 Å². The quantitative estimate of drug-likeness (QED) is 0.826. The molecule has 1 N–H and O–H groups in total. The van der Waals surface area contributed by atoms with Crippen molar-refractivity contribution in [1.29, 1.82) is 0 Å². The van der Waals surface area contributed by atoms with Gasteiger partial charge in [0.05, 0.1) is 6.04 Å². The van der Waals surface area contributed by atoms with Crippen molar-refractivity contribution in [2.24, 2.45) is 0 Å². The van der Waals surface area contributed by atoms with Crippen LogP contribution >= 0.6 is 0 Å². The Balaban J connectivity index is 2.66. The number of hydrogen-bond acceptors (Lipinski definition) is 2. The SMILES string of the molecule is CCC(NC(=O)c1ccccc1)C(=O)CF. The van der Waals surface area contributed by atoms with Crippen molar-refractivity contribution >= 4 is 11.7 Å². The van der Waals surface area contributed by atoms with Crippen molar-refractivity contribution in [2.75, 3.05) is 6.67 Å². The predicted octanol–water partition coefficient (Wildman–Crippen LogP) is 1.73. The smallest absolute Gasteiger partial charge is 0.251 e. The van der Waals surface area contributed by atoms with Gasteiger partial charge in [-0.25, -0.2) is 4.39 Å². The van der Waals surface area contributed by atoms with Gasteiger partial charge in [-0.15, -0.1) is 0 Å². The summed E-state index contributed by atoms with van der Waals surface area (Å²) in [6, 6.07) is 7.79. The van der Waals surface area contributed by atoms with E-state index in [0.29, 0.717) is 12.0 Å². The average Bonchev–Trinajstić information content (AvgIpc) is 2.35. The Morgan fingerprint density at radius 2 is 1.94 bits per heavy atom. The molecule has 0 bridgehead atoms. The summed E-state index contributed by atoms with van der Waals surface area (Å²) < 4.78 is 12.2. The molecule has 0 aliphatic rings. The zero-order valence-corrected chi connectivity index (χ0v) is 9.07. The molecular formula is C12H14FNO2. The number of nitrogens with one attached hydrogen (secondary N) is 1. The Morgan fingerprint density at radius 1 is 1.31 bits per heavy atom. The highest BCUT2D eigenvalue weighted by Crippen LogP contribution is 2.01. The van der Waals surface area contributed by atoms with Crippen LogP contribution in [0, 0.1) is 0 Å². The van der Waals surface area contributed by atoms with Gasteiger partial charge in [-0.1, -0.05) is 25.1 Å². The Hall–Kier alpha value is -1.71. The molecule has 1 amide bonds. The lowest BCUT2D eigenvalue weighted by Gasteiger charge is -2.13. The molecule has 3 nitrogen and oxygen atoms in total. The van der Waals surface area contributed by atoms with Crippen LogP contribution in [-0.2, 0) is 4.79 Å². The van der Waals surface area contributed by atoms with Crippen molar-refractivity contribution < 1.29 is 14.0 Å². The third kappa shape index (κ3) is 3.15. The molecule has 0 saturated heterocycles. The van der Waals surface area contributed by atoms with E-state index in [9.17, 15) is 14.0 Å². The minimum Gasteiger partial charge on any atom is -0.342 e. The summed E-state index contributed by atoms with van der Waals surface area (Å²) in [4.78, 5) is 22.8. The largest absolute Gasteiger partial charge is 0.342 e. The molecule has 0 aromatic heterocycles. The van der Waals surface area contributed by atoms with E-state index in [4.69, 9.17) is 0 Å². The first-order valence-electron chi connectivity index (χ1n) is 5.13. The predicted molar refractivity (Wildman–Crippen MR) is 59.0 cm³/mol. The number of halogens is 1. The van der Waals surface area contributed by atoms with Crippen LogP contribution in [0.3, 0.4) is 0 Å². The minimum absolute atomic E-state index is 0.353. The van der Waals surface area contributed by atoms with Crippen LogP contribution in [0.1, 0.15) is 23.7 Å². The first-order chi connectivity index (χ1) is 7.69. The molecule has 1 atom stereocenters. The second kappa shape index (κ2) is 6.00. The number of carbonyl (C=O) groups is 2. The molecule has 86 valence electrons. The maximum Gasteiger partial charge on any atom is 0.251 e. The number of carbonyl (C=O) groups excluding carboxylic acids is 2.